The molecular weight excluding hydrogens is 396 g/mol. The molecule has 0 unspecified atom stereocenters. The fraction of sp³-hybridized carbons (Fsp3) is 0.100. The van der Waals surface area contributed by atoms with E-state index >= 15 is 0 Å². The van der Waals surface area contributed by atoms with Crippen LogP contribution in [0.2, 0.25) is 5.02 Å². The van der Waals surface area contributed by atoms with Crippen molar-refractivity contribution in [3.05, 3.63) is 91.6 Å². The summed E-state index contributed by atoms with van der Waals surface area (Å²) in [7, 11) is 0. The van der Waals surface area contributed by atoms with E-state index in [1.54, 1.807) is 43.3 Å². The summed E-state index contributed by atoms with van der Waals surface area (Å²) >= 11 is 5.86. The summed E-state index contributed by atoms with van der Waals surface area (Å²) in [5, 5.41) is 3.42. The van der Waals surface area contributed by atoms with Crippen LogP contribution >= 0.6 is 11.6 Å². The van der Waals surface area contributed by atoms with Crippen LogP contribution in [0.3, 0.4) is 0 Å². The molecular formula is C20H15ClN4O4. The Morgan fingerprint density at radius 2 is 2.00 bits per heavy atom. The third kappa shape index (κ3) is 3.70. The van der Waals surface area contributed by atoms with Gasteiger partial charge in [-0.15, -0.1) is 0 Å². The first kappa shape index (κ1) is 18.7. The van der Waals surface area contributed by atoms with Crippen molar-refractivity contribution in [1.82, 2.24) is 14.5 Å². The number of hydrogen-bond acceptors (Lipinski definition) is 5. The number of furan rings is 1. The quantitative estimate of drug-likeness (QED) is 0.537. The molecule has 9 heteroatoms. The van der Waals surface area contributed by atoms with E-state index in [-0.39, 0.29) is 23.1 Å². The number of aromatic nitrogens is 3. The molecule has 2 N–H and O–H groups in total. The summed E-state index contributed by atoms with van der Waals surface area (Å²) in [6, 6.07) is 11.5. The van der Waals surface area contributed by atoms with Crippen molar-refractivity contribution in [2.45, 2.75) is 13.5 Å². The Kier molecular flexibility index (Phi) is 4.77. The monoisotopic (exact) mass is 410 g/mol. The molecule has 4 rings (SSSR count). The molecule has 0 spiro atoms. The molecule has 0 saturated carbocycles. The average Bonchev–Trinajstić information content (AvgIpc) is 3.19. The van der Waals surface area contributed by atoms with Gasteiger partial charge in [-0.3, -0.25) is 19.1 Å². The number of carbonyl (C=O) groups excluding carboxylic acids is 1. The third-order valence-electron chi connectivity index (χ3n) is 4.40. The van der Waals surface area contributed by atoms with E-state index in [9.17, 15) is 14.4 Å². The molecule has 3 heterocycles. The summed E-state index contributed by atoms with van der Waals surface area (Å²) in [6.07, 6.45) is 1.49. The molecule has 29 heavy (non-hydrogen) atoms. The number of nitrogens with one attached hydrogen (secondary N) is 2. The van der Waals surface area contributed by atoms with Crippen LogP contribution in [-0.4, -0.2) is 20.4 Å². The number of halogens is 1. The molecule has 0 aliphatic carbocycles. The van der Waals surface area contributed by atoms with Gasteiger partial charge in [-0.2, -0.15) is 0 Å². The molecule has 0 radical (unpaired) electrons. The van der Waals surface area contributed by atoms with Crippen LogP contribution in [0.5, 0.6) is 0 Å². The number of rotatable bonds is 4. The Balaban J connectivity index is 1.78. The summed E-state index contributed by atoms with van der Waals surface area (Å²) in [5.74, 6) is 0.104. The average molecular weight is 411 g/mol. The predicted molar refractivity (Wildman–Crippen MR) is 109 cm³/mol. The lowest BCUT2D eigenvalue weighted by Gasteiger charge is -2.11. The zero-order valence-electron chi connectivity index (χ0n) is 15.2. The molecule has 0 fully saturated rings. The predicted octanol–water partition coefficient (Wildman–Crippen LogP) is 2.94. The SMILES string of the molecule is Cc1nc2c(cc1C(=O)Nc1ccc(Cl)cc1)c(=O)[nH]c(=O)n2Cc1ccco1. The number of aryl methyl sites for hydroxylation is 1. The fourth-order valence-corrected chi connectivity index (χ4v) is 3.09. The van der Waals surface area contributed by atoms with E-state index in [2.05, 4.69) is 15.3 Å². The van der Waals surface area contributed by atoms with Crippen LogP contribution in [0.1, 0.15) is 21.8 Å². The molecule has 1 amide bonds. The number of hydrogen-bond donors (Lipinski definition) is 2. The first-order valence-electron chi connectivity index (χ1n) is 8.66. The lowest BCUT2D eigenvalue weighted by molar-refractivity contribution is 0.102. The molecule has 0 bridgehead atoms. The van der Waals surface area contributed by atoms with Gasteiger partial charge in [-0.05, 0) is 49.4 Å². The number of benzene rings is 1. The molecule has 8 nitrogen and oxygen atoms in total. The molecule has 0 aliphatic rings. The summed E-state index contributed by atoms with van der Waals surface area (Å²) < 4.78 is 6.58. The standard InChI is InChI=1S/C20H15ClN4O4/c1-11-15(18(26)23-13-6-4-12(21)5-7-13)9-16-17(22-11)25(20(28)24-19(16)27)10-14-3-2-8-29-14/h2-9H,10H2,1H3,(H,23,26)(H,24,27,28). The number of carbonyl (C=O) groups is 1. The number of aromatic amines is 1. The fourth-order valence-electron chi connectivity index (χ4n) is 2.96. The third-order valence-corrected chi connectivity index (χ3v) is 4.65. The minimum Gasteiger partial charge on any atom is -0.467 e. The zero-order valence-corrected chi connectivity index (χ0v) is 16.0. The van der Waals surface area contributed by atoms with E-state index in [1.165, 1.54) is 16.9 Å². The number of H-pyrrole nitrogens is 1. The van der Waals surface area contributed by atoms with Crippen molar-refractivity contribution in [3.63, 3.8) is 0 Å². The molecule has 0 atom stereocenters. The van der Waals surface area contributed by atoms with E-state index < -0.39 is 17.2 Å². The van der Waals surface area contributed by atoms with Crippen LogP contribution in [0.4, 0.5) is 5.69 Å². The highest BCUT2D eigenvalue weighted by Crippen LogP contribution is 2.18. The lowest BCUT2D eigenvalue weighted by Crippen LogP contribution is -2.31. The van der Waals surface area contributed by atoms with Crippen molar-refractivity contribution in [3.8, 4) is 0 Å². The first-order valence-corrected chi connectivity index (χ1v) is 9.04. The van der Waals surface area contributed by atoms with Crippen molar-refractivity contribution < 1.29 is 9.21 Å². The van der Waals surface area contributed by atoms with Crippen LogP contribution in [0.25, 0.3) is 11.0 Å². The van der Waals surface area contributed by atoms with Crippen LogP contribution in [0.15, 0.2) is 62.7 Å². The van der Waals surface area contributed by atoms with Gasteiger partial charge >= 0.3 is 5.69 Å². The highest BCUT2D eigenvalue weighted by Gasteiger charge is 2.17. The second-order valence-corrected chi connectivity index (χ2v) is 6.81. The number of pyridine rings is 1. The number of fused-ring (bicyclic) bond motifs is 1. The molecule has 1 aromatic carbocycles. The lowest BCUT2D eigenvalue weighted by atomic mass is 10.1. The second-order valence-electron chi connectivity index (χ2n) is 6.38. The van der Waals surface area contributed by atoms with Gasteiger partial charge in [-0.25, -0.2) is 9.78 Å². The van der Waals surface area contributed by atoms with Gasteiger partial charge in [-0.1, -0.05) is 11.6 Å². The van der Waals surface area contributed by atoms with Gasteiger partial charge in [0.25, 0.3) is 11.5 Å². The highest BCUT2D eigenvalue weighted by molar-refractivity contribution is 6.30. The maximum Gasteiger partial charge on any atom is 0.330 e. The van der Waals surface area contributed by atoms with Crippen LogP contribution in [-0.2, 0) is 6.54 Å². The van der Waals surface area contributed by atoms with Gasteiger partial charge in [0.15, 0.2) is 0 Å². The Morgan fingerprint density at radius 3 is 2.69 bits per heavy atom. The molecule has 146 valence electrons. The smallest absolute Gasteiger partial charge is 0.330 e. The Bertz CT molecular complexity index is 1320. The Hall–Kier alpha value is -3.65. The largest absolute Gasteiger partial charge is 0.467 e. The number of nitrogens with zero attached hydrogens (tertiary/aromatic N) is 2. The number of amides is 1. The second kappa shape index (κ2) is 7.40. The minimum absolute atomic E-state index is 0.0991. The van der Waals surface area contributed by atoms with Gasteiger partial charge in [0.05, 0.1) is 29.5 Å². The number of anilines is 1. The molecule has 0 aliphatic heterocycles. The van der Waals surface area contributed by atoms with Gasteiger partial charge in [0, 0.05) is 10.7 Å². The maximum atomic E-state index is 12.7. The van der Waals surface area contributed by atoms with Crippen molar-refractivity contribution in [2.75, 3.05) is 5.32 Å². The van der Waals surface area contributed by atoms with Crippen molar-refractivity contribution in [1.29, 1.82) is 0 Å². The highest BCUT2D eigenvalue weighted by atomic mass is 35.5. The van der Waals surface area contributed by atoms with E-state index in [1.807, 2.05) is 0 Å². The van der Waals surface area contributed by atoms with E-state index in [0.29, 0.717) is 22.2 Å². The zero-order chi connectivity index (χ0) is 20.5. The Labute approximate surface area is 168 Å². The van der Waals surface area contributed by atoms with Crippen LogP contribution in [0, 0.1) is 6.92 Å². The van der Waals surface area contributed by atoms with Gasteiger partial charge in [0.1, 0.15) is 11.4 Å². The van der Waals surface area contributed by atoms with Crippen molar-refractivity contribution >= 4 is 34.2 Å². The summed E-state index contributed by atoms with van der Waals surface area (Å²) in [4.78, 5) is 44.0. The van der Waals surface area contributed by atoms with Crippen molar-refractivity contribution in [2.24, 2.45) is 0 Å². The van der Waals surface area contributed by atoms with Gasteiger partial charge < -0.3 is 9.73 Å². The Morgan fingerprint density at radius 1 is 1.24 bits per heavy atom. The minimum atomic E-state index is -0.617. The molecule has 3 aromatic heterocycles. The van der Waals surface area contributed by atoms with E-state index in [0.717, 1.165) is 0 Å². The molecule has 4 aromatic rings. The first-order chi connectivity index (χ1) is 13.9. The topological polar surface area (TPSA) is 110 Å². The molecule has 0 saturated heterocycles. The van der Waals surface area contributed by atoms with Crippen LogP contribution < -0.4 is 16.6 Å². The maximum absolute atomic E-state index is 12.7. The summed E-state index contributed by atoms with van der Waals surface area (Å²) in [5.41, 5.74) is 0.104. The van der Waals surface area contributed by atoms with Gasteiger partial charge in [0.2, 0.25) is 0 Å². The summed E-state index contributed by atoms with van der Waals surface area (Å²) in [6.45, 7) is 1.74. The normalized spacial score (nSPS) is 11.0. The van der Waals surface area contributed by atoms with E-state index in [4.69, 9.17) is 16.0 Å².